The van der Waals surface area contributed by atoms with Gasteiger partial charge >= 0.3 is 0 Å². The number of H-pyrrole nitrogens is 1. The van der Waals surface area contributed by atoms with Crippen molar-refractivity contribution in [1.29, 1.82) is 0 Å². The van der Waals surface area contributed by atoms with Crippen LogP contribution < -0.4 is 11.3 Å². The fourth-order valence-corrected chi connectivity index (χ4v) is 2.68. The molecule has 0 unspecified atom stereocenters. The summed E-state index contributed by atoms with van der Waals surface area (Å²) in [5.74, 6) is 0. The number of benzene rings is 1. The maximum absolute atomic E-state index is 11.1. The van der Waals surface area contributed by atoms with Crippen LogP contribution in [0.1, 0.15) is 0 Å². The number of halogens is 2. The molecule has 17 heavy (non-hydrogen) atoms. The second kappa shape index (κ2) is 5.00. The Kier molecular flexibility index (Phi) is 3.61. The van der Waals surface area contributed by atoms with Gasteiger partial charge in [-0.2, -0.15) is 0 Å². The van der Waals surface area contributed by atoms with Crippen LogP contribution >= 0.6 is 35.0 Å². The standard InChI is InChI=1S/C10H7Cl2N3OS/c11-6-3-5(13)4-7(12)9(6)17-10-14-2-1-8(16)15-10/h1-4H,13H2,(H,14,15,16). The van der Waals surface area contributed by atoms with Crippen molar-refractivity contribution >= 4 is 40.7 Å². The molecular formula is C10H7Cl2N3OS. The largest absolute Gasteiger partial charge is 0.399 e. The van der Waals surface area contributed by atoms with Gasteiger partial charge in [0.15, 0.2) is 5.16 Å². The second-order valence-electron chi connectivity index (χ2n) is 3.15. The van der Waals surface area contributed by atoms with E-state index in [0.29, 0.717) is 25.8 Å². The zero-order valence-electron chi connectivity index (χ0n) is 8.41. The number of nitrogens with two attached hydrogens (primary N) is 1. The first-order valence-corrected chi connectivity index (χ1v) is 6.11. The van der Waals surface area contributed by atoms with Crippen LogP contribution in [0.15, 0.2) is 39.2 Å². The summed E-state index contributed by atoms with van der Waals surface area (Å²) in [5.41, 5.74) is 5.85. The van der Waals surface area contributed by atoms with E-state index in [0.717, 1.165) is 0 Å². The number of aromatic amines is 1. The number of nitrogen functional groups attached to an aromatic ring is 1. The van der Waals surface area contributed by atoms with Crippen molar-refractivity contribution in [3.05, 3.63) is 44.8 Å². The summed E-state index contributed by atoms with van der Waals surface area (Å²) in [6, 6.07) is 4.52. The number of anilines is 1. The number of hydrogen-bond acceptors (Lipinski definition) is 4. The van der Waals surface area contributed by atoms with Crippen molar-refractivity contribution in [2.75, 3.05) is 5.73 Å². The Labute approximate surface area is 111 Å². The van der Waals surface area contributed by atoms with Gasteiger partial charge in [0.25, 0.3) is 5.56 Å². The third kappa shape index (κ3) is 2.94. The van der Waals surface area contributed by atoms with E-state index >= 15 is 0 Å². The van der Waals surface area contributed by atoms with E-state index in [4.69, 9.17) is 28.9 Å². The third-order valence-electron chi connectivity index (χ3n) is 1.87. The van der Waals surface area contributed by atoms with Crippen LogP contribution in [-0.2, 0) is 0 Å². The molecule has 0 spiro atoms. The lowest BCUT2D eigenvalue weighted by molar-refractivity contribution is 0.937. The number of hydrogen-bond donors (Lipinski definition) is 2. The molecule has 1 heterocycles. The molecule has 0 aliphatic rings. The molecule has 3 N–H and O–H groups in total. The Balaban J connectivity index is 2.40. The molecule has 1 aromatic heterocycles. The SMILES string of the molecule is Nc1cc(Cl)c(Sc2nccc(=O)[nH]2)c(Cl)c1. The summed E-state index contributed by atoms with van der Waals surface area (Å²) < 4.78 is 0. The highest BCUT2D eigenvalue weighted by atomic mass is 35.5. The predicted molar refractivity (Wildman–Crippen MR) is 69.9 cm³/mol. The molecule has 0 saturated heterocycles. The van der Waals surface area contributed by atoms with Crippen LogP contribution in [0.3, 0.4) is 0 Å². The lowest BCUT2D eigenvalue weighted by atomic mass is 10.3. The molecule has 2 aromatic rings. The molecule has 0 amide bonds. The van der Waals surface area contributed by atoms with Gasteiger partial charge in [-0.15, -0.1) is 0 Å². The van der Waals surface area contributed by atoms with E-state index in [1.54, 1.807) is 12.1 Å². The van der Waals surface area contributed by atoms with Gasteiger partial charge in [-0.25, -0.2) is 4.98 Å². The molecule has 0 fully saturated rings. The van der Waals surface area contributed by atoms with Gasteiger partial charge in [0.1, 0.15) is 0 Å². The Bertz CT molecular complexity index is 591. The molecule has 0 atom stereocenters. The van der Waals surface area contributed by atoms with Crippen LogP contribution in [-0.4, -0.2) is 9.97 Å². The van der Waals surface area contributed by atoms with Crippen molar-refractivity contribution in [1.82, 2.24) is 9.97 Å². The number of aromatic nitrogens is 2. The fourth-order valence-electron chi connectivity index (χ4n) is 1.18. The molecule has 0 aliphatic heterocycles. The lowest BCUT2D eigenvalue weighted by Gasteiger charge is -2.06. The Morgan fingerprint density at radius 2 is 1.94 bits per heavy atom. The van der Waals surface area contributed by atoms with E-state index in [9.17, 15) is 4.79 Å². The van der Waals surface area contributed by atoms with Crippen molar-refractivity contribution < 1.29 is 0 Å². The fraction of sp³-hybridized carbons (Fsp3) is 0. The van der Waals surface area contributed by atoms with E-state index in [1.807, 2.05) is 0 Å². The Hall–Kier alpha value is -1.17. The molecular weight excluding hydrogens is 281 g/mol. The van der Waals surface area contributed by atoms with Crippen LogP contribution in [0, 0.1) is 0 Å². The predicted octanol–water partition coefficient (Wildman–Crippen LogP) is 2.81. The van der Waals surface area contributed by atoms with Crippen molar-refractivity contribution in [2.24, 2.45) is 0 Å². The quantitative estimate of drug-likeness (QED) is 0.658. The topological polar surface area (TPSA) is 71.8 Å². The first-order chi connectivity index (χ1) is 8.06. The minimum atomic E-state index is -0.231. The maximum atomic E-state index is 11.1. The van der Waals surface area contributed by atoms with E-state index < -0.39 is 0 Å². The Morgan fingerprint density at radius 3 is 2.53 bits per heavy atom. The van der Waals surface area contributed by atoms with Gasteiger partial charge in [0, 0.05) is 18.0 Å². The van der Waals surface area contributed by atoms with Crippen LogP contribution in [0.5, 0.6) is 0 Å². The normalized spacial score (nSPS) is 10.5. The van der Waals surface area contributed by atoms with E-state index in [1.165, 1.54) is 24.0 Å². The molecule has 0 aliphatic carbocycles. The maximum Gasteiger partial charge on any atom is 0.251 e. The van der Waals surface area contributed by atoms with E-state index in [-0.39, 0.29) is 5.56 Å². The second-order valence-corrected chi connectivity index (χ2v) is 4.97. The summed E-state index contributed by atoms with van der Waals surface area (Å²) in [6.45, 7) is 0. The number of nitrogens with zero attached hydrogens (tertiary/aromatic N) is 1. The van der Waals surface area contributed by atoms with Gasteiger partial charge < -0.3 is 10.7 Å². The molecule has 7 heteroatoms. The molecule has 2 rings (SSSR count). The summed E-state index contributed by atoms with van der Waals surface area (Å²) in [4.78, 5) is 18.3. The molecule has 4 nitrogen and oxygen atoms in total. The monoisotopic (exact) mass is 287 g/mol. The molecule has 1 aromatic carbocycles. The highest BCUT2D eigenvalue weighted by molar-refractivity contribution is 7.99. The summed E-state index contributed by atoms with van der Waals surface area (Å²) in [7, 11) is 0. The van der Waals surface area contributed by atoms with Gasteiger partial charge in [0.05, 0.1) is 14.9 Å². The van der Waals surface area contributed by atoms with Crippen LogP contribution in [0.2, 0.25) is 10.0 Å². The third-order valence-corrected chi connectivity index (χ3v) is 3.73. The van der Waals surface area contributed by atoms with Crippen LogP contribution in [0.4, 0.5) is 5.69 Å². The van der Waals surface area contributed by atoms with Crippen molar-refractivity contribution in [3.8, 4) is 0 Å². The smallest absolute Gasteiger partial charge is 0.251 e. The highest BCUT2D eigenvalue weighted by Gasteiger charge is 2.10. The van der Waals surface area contributed by atoms with E-state index in [2.05, 4.69) is 9.97 Å². The highest BCUT2D eigenvalue weighted by Crippen LogP contribution is 2.38. The zero-order valence-corrected chi connectivity index (χ0v) is 10.7. The summed E-state index contributed by atoms with van der Waals surface area (Å²) in [5, 5.41) is 1.27. The molecule has 88 valence electrons. The average Bonchev–Trinajstić information content (AvgIpc) is 2.23. The van der Waals surface area contributed by atoms with Gasteiger partial charge in [-0.05, 0) is 23.9 Å². The van der Waals surface area contributed by atoms with Gasteiger partial charge in [-0.1, -0.05) is 23.2 Å². The summed E-state index contributed by atoms with van der Waals surface area (Å²) >= 11 is 13.2. The van der Waals surface area contributed by atoms with Gasteiger partial charge in [-0.3, -0.25) is 4.79 Å². The lowest BCUT2D eigenvalue weighted by Crippen LogP contribution is -2.05. The van der Waals surface area contributed by atoms with Gasteiger partial charge in [0.2, 0.25) is 0 Å². The summed E-state index contributed by atoms with van der Waals surface area (Å²) in [6.07, 6.45) is 1.42. The number of nitrogens with one attached hydrogen (secondary N) is 1. The first kappa shape index (κ1) is 12.3. The Morgan fingerprint density at radius 1 is 1.29 bits per heavy atom. The average molecular weight is 288 g/mol. The van der Waals surface area contributed by atoms with Crippen molar-refractivity contribution in [3.63, 3.8) is 0 Å². The minimum absolute atomic E-state index is 0.231. The minimum Gasteiger partial charge on any atom is -0.399 e. The van der Waals surface area contributed by atoms with Crippen LogP contribution in [0.25, 0.3) is 0 Å². The molecule has 0 bridgehead atoms. The molecule has 0 radical (unpaired) electrons. The van der Waals surface area contributed by atoms with Crippen molar-refractivity contribution in [2.45, 2.75) is 10.1 Å². The first-order valence-electron chi connectivity index (χ1n) is 4.54. The number of rotatable bonds is 2. The molecule has 0 saturated carbocycles. The zero-order chi connectivity index (χ0) is 12.4.